The molecule has 1 atom stereocenters. The van der Waals surface area contributed by atoms with Gasteiger partial charge in [0.15, 0.2) is 0 Å². The Balaban J connectivity index is 1.61. The standard InChI is InChI=1S/C20H17F3N2O5/c1-29-19(28)13-4-6-14(7-5-13)25-17(26)10-16(18(25)27)24-11-12-2-8-15(9-3-12)30-20(21,22)23/h2-9,16,24H,10-11H2,1H3. The van der Waals surface area contributed by atoms with E-state index in [-0.39, 0.29) is 24.3 Å². The van der Waals surface area contributed by atoms with Crippen molar-refractivity contribution in [3.63, 3.8) is 0 Å². The summed E-state index contributed by atoms with van der Waals surface area (Å²) in [5.41, 5.74) is 1.23. The van der Waals surface area contributed by atoms with Crippen molar-refractivity contribution in [3.8, 4) is 5.75 Å². The highest BCUT2D eigenvalue weighted by Gasteiger charge is 2.39. The second kappa shape index (κ2) is 8.54. The van der Waals surface area contributed by atoms with Gasteiger partial charge in [-0.2, -0.15) is 0 Å². The van der Waals surface area contributed by atoms with Gasteiger partial charge >= 0.3 is 12.3 Å². The predicted molar refractivity (Wildman–Crippen MR) is 98.6 cm³/mol. The normalized spacial score (nSPS) is 16.7. The number of carbonyl (C=O) groups excluding carboxylic acids is 3. The van der Waals surface area contributed by atoms with Crippen LogP contribution in [0, 0.1) is 0 Å². The molecule has 30 heavy (non-hydrogen) atoms. The first-order valence-corrected chi connectivity index (χ1v) is 8.81. The molecule has 0 bridgehead atoms. The van der Waals surface area contributed by atoms with Crippen molar-refractivity contribution in [1.29, 1.82) is 0 Å². The van der Waals surface area contributed by atoms with Gasteiger partial charge < -0.3 is 14.8 Å². The summed E-state index contributed by atoms with van der Waals surface area (Å²) < 4.78 is 45.0. The van der Waals surface area contributed by atoms with Crippen LogP contribution in [-0.2, 0) is 20.9 Å². The molecule has 1 aliphatic heterocycles. The number of benzene rings is 2. The minimum absolute atomic E-state index is 0.0626. The molecular formula is C20H17F3N2O5. The maximum Gasteiger partial charge on any atom is 0.573 e. The molecule has 0 aliphatic carbocycles. The van der Waals surface area contributed by atoms with Crippen LogP contribution in [0.3, 0.4) is 0 Å². The Morgan fingerprint density at radius 2 is 1.73 bits per heavy atom. The molecule has 1 N–H and O–H groups in total. The summed E-state index contributed by atoms with van der Waals surface area (Å²) in [7, 11) is 1.25. The summed E-state index contributed by atoms with van der Waals surface area (Å²) in [6.07, 6.45) is -4.83. The van der Waals surface area contributed by atoms with Crippen molar-refractivity contribution in [2.45, 2.75) is 25.4 Å². The van der Waals surface area contributed by atoms with Gasteiger partial charge in [-0.05, 0) is 42.0 Å². The van der Waals surface area contributed by atoms with E-state index in [4.69, 9.17) is 0 Å². The molecule has 0 radical (unpaired) electrons. The van der Waals surface area contributed by atoms with Gasteiger partial charge in [0.2, 0.25) is 5.91 Å². The Labute approximate surface area is 169 Å². The van der Waals surface area contributed by atoms with Crippen LogP contribution in [0.25, 0.3) is 0 Å². The van der Waals surface area contributed by atoms with Crippen molar-refractivity contribution in [1.82, 2.24) is 5.32 Å². The number of nitrogens with zero attached hydrogens (tertiary/aromatic N) is 1. The Morgan fingerprint density at radius 3 is 2.30 bits per heavy atom. The lowest BCUT2D eigenvalue weighted by atomic mass is 10.2. The second-order valence-electron chi connectivity index (χ2n) is 6.44. The first kappa shape index (κ1) is 21.3. The fraction of sp³-hybridized carbons (Fsp3) is 0.250. The van der Waals surface area contributed by atoms with E-state index in [1.165, 1.54) is 55.6 Å². The molecule has 7 nitrogen and oxygen atoms in total. The van der Waals surface area contributed by atoms with Gasteiger partial charge in [0, 0.05) is 6.54 Å². The molecule has 1 saturated heterocycles. The molecule has 10 heteroatoms. The number of ether oxygens (including phenoxy) is 2. The second-order valence-corrected chi connectivity index (χ2v) is 6.44. The quantitative estimate of drug-likeness (QED) is 0.569. The SMILES string of the molecule is COC(=O)c1ccc(N2C(=O)CC(NCc3ccc(OC(F)(F)F)cc3)C2=O)cc1. The van der Waals surface area contributed by atoms with E-state index in [0.29, 0.717) is 11.3 Å². The van der Waals surface area contributed by atoms with Gasteiger partial charge in [-0.1, -0.05) is 12.1 Å². The summed E-state index contributed by atoms with van der Waals surface area (Å²) in [4.78, 5) is 37.5. The summed E-state index contributed by atoms with van der Waals surface area (Å²) in [5.74, 6) is -1.74. The first-order valence-electron chi connectivity index (χ1n) is 8.81. The molecule has 2 aromatic rings. The van der Waals surface area contributed by atoms with E-state index in [1.807, 2.05) is 0 Å². The van der Waals surface area contributed by atoms with Gasteiger partial charge in [-0.3, -0.25) is 9.59 Å². The number of carbonyl (C=O) groups is 3. The Kier molecular flexibility index (Phi) is 6.06. The van der Waals surface area contributed by atoms with Crippen molar-refractivity contribution < 1.29 is 37.0 Å². The maximum absolute atomic E-state index is 12.6. The topological polar surface area (TPSA) is 84.9 Å². The Hall–Kier alpha value is -3.40. The highest BCUT2D eigenvalue weighted by atomic mass is 19.4. The molecule has 1 unspecified atom stereocenters. The number of imide groups is 1. The fourth-order valence-corrected chi connectivity index (χ4v) is 2.98. The summed E-state index contributed by atoms with van der Waals surface area (Å²) >= 11 is 0. The van der Waals surface area contributed by atoms with Crippen LogP contribution < -0.4 is 15.0 Å². The average molecular weight is 422 g/mol. The fourth-order valence-electron chi connectivity index (χ4n) is 2.98. The molecule has 1 heterocycles. The molecule has 1 aliphatic rings. The van der Waals surface area contributed by atoms with Gasteiger partial charge in [-0.15, -0.1) is 13.2 Å². The van der Waals surface area contributed by atoms with E-state index in [0.717, 1.165) is 4.90 Å². The third-order valence-corrected chi connectivity index (χ3v) is 4.40. The van der Waals surface area contributed by atoms with E-state index in [9.17, 15) is 27.6 Å². The van der Waals surface area contributed by atoms with Crippen LogP contribution in [0.4, 0.5) is 18.9 Å². The van der Waals surface area contributed by atoms with Gasteiger partial charge in [0.25, 0.3) is 5.91 Å². The lowest BCUT2D eigenvalue weighted by Crippen LogP contribution is -2.38. The molecule has 3 rings (SSSR count). The number of hydrogen-bond acceptors (Lipinski definition) is 6. The van der Waals surface area contributed by atoms with Crippen LogP contribution in [0.15, 0.2) is 48.5 Å². The lowest BCUT2D eigenvalue weighted by Gasteiger charge is -2.16. The number of amides is 2. The van der Waals surface area contributed by atoms with Crippen LogP contribution in [0.5, 0.6) is 5.75 Å². The summed E-state index contributed by atoms with van der Waals surface area (Å²) in [6.45, 7) is 0.172. The zero-order valence-corrected chi connectivity index (χ0v) is 15.7. The average Bonchev–Trinajstić information content (AvgIpc) is 2.99. The van der Waals surface area contributed by atoms with Crippen molar-refractivity contribution in [2.75, 3.05) is 12.0 Å². The van der Waals surface area contributed by atoms with Gasteiger partial charge in [0.05, 0.1) is 30.8 Å². The molecule has 1 fully saturated rings. The van der Waals surface area contributed by atoms with Crippen LogP contribution in [-0.4, -0.2) is 37.3 Å². The third-order valence-electron chi connectivity index (χ3n) is 4.40. The van der Waals surface area contributed by atoms with E-state index in [2.05, 4.69) is 14.8 Å². The molecule has 0 aromatic heterocycles. The minimum atomic E-state index is -4.77. The zero-order chi connectivity index (χ0) is 21.9. The van der Waals surface area contributed by atoms with E-state index < -0.39 is 30.2 Å². The smallest absolute Gasteiger partial charge is 0.465 e. The number of halogens is 3. The van der Waals surface area contributed by atoms with E-state index >= 15 is 0 Å². The third kappa shape index (κ3) is 4.95. The lowest BCUT2D eigenvalue weighted by molar-refractivity contribution is -0.274. The number of rotatable bonds is 6. The summed E-state index contributed by atoms with van der Waals surface area (Å²) in [6, 6.07) is 10.3. The maximum atomic E-state index is 12.6. The highest BCUT2D eigenvalue weighted by Crippen LogP contribution is 2.25. The van der Waals surface area contributed by atoms with Crippen molar-refractivity contribution in [3.05, 3.63) is 59.7 Å². The monoisotopic (exact) mass is 422 g/mol. The van der Waals surface area contributed by atoms with Crippen LogP contribution >= 0.6 is 0 Å². The molecular weight excluding hydrogens is 405 g/mol. The van der Waals surface area contributed by atoms with Crippen LogP contribution in [0.1, 0.15) is 22.3 Å². The number of nitrogens with one attached hydrogen (secondary N) is 1. The molecule has 0 spiro atoms. The number of alkyl halides is 3. The highest BCUT2D eigenvalue weighted by molar-refractivity contribution is 6.22. The Morgan fingerprint density at radius 1 is 1.10 bits per heavy atom. The number of esters is 1. The van der Waals surface area contributed by atoms with E-state index in [1.54, 1.807) is 0 Å². The molecule has 2 amide bonds. The largest absolute Gasteiger partial charge is 0.573 e. The molecule has 158 valence electrons. The Bertz CT molecular complexity index is 942. The zero-order valence-electron chi connectivity index (χ0n) is 15.7. The van der Waals surface area contributed by atoms with Crippen molar-refractivity contribution in [2.24, 2.45) is 0 Å². The minimum Gasteiger partial charge on any atom is -0.465 e. The molecule has 2 aromatic carbocycles. The number of anilines is 1. The molecule has 0 saturated carbocycles. The van der Waals surface area contributed by atoms with Crippen LogP contribution in [0.2, 0.25) is 0 Å². The first-order chi connectivity index (χ1) is 14.2. The predicted octanol–water partition coefficient (Wildman–Crippen LogP) is 2.79. The van der Waals surface area contributed by atoms with Gasteiger partial charge in [-0.25, -0.2) is 9.69 Å². The van der Waals surface area contributed by atoms with Gasteiger partial charge in [0.1, 0.15) is 5.75 Å². The number of hydrogen-bond donors (Lipinski definition) is 1. The number of methoxy groups -OCH3 is 1. The summed E-state index contributed by atoms with van der Waals surface area (Å²) in [5, 5.41) is 2.94. The van der Waals surface area contributed by atoms with Crippen molar-refractivity contribution >= 4 is 23.5 Å².